The fourth-order valence-corrected chi connectivity index (χ4v) is 3.02. The molecule has 2 N–H and O–H groups in total. The molecule has 0 aliphatic heterocycles. The minimum atomic E-state index is -3.00. The van der Waals surface area contributed by atoms with Gasteiger partial charge in [0.25, 0.3) is 0 Å². The zero-order valence-electron chi connectivity index (χ0n) is 10.8. The summed E-state index contributed by atoms with van der Waals surface area (Å²) >= 11 is 3.40. The monoisotopic (exact) mass is 345 g/mol. The third kappa shape index (κ3) is 3.34. The summed E-state index contributed by atoms with van der Waals surface area (Å²) in [5.41, 5.74) is 7.87. The van der Waals surface area contributed by atoms with Crippen LogP contribution in [0.25, 0.3) is 11.0 Å². The number of rotatable bonds is 4. The van der Waals surface area contributed by atoms with Gasteiger partial charge in [0.1, 0.15) is 15.7 Å². The maximum atomic E-state index is 11.2. The number of aromatic nitrogens is 2. The number of aryl methyl sites for hydroxylation is 1. The second-order valence-corrected chi connectivity index (χ2v) is 7.86. The van der Waals surface area contributed by atoms with Crippen molar-refractivity contribution in [1.29, 1.82) is 0 Å². The highest BCUT2D eigenvalue weighted by atomic mass is 79.9. The normalized spacial score (nSPS) is 13.9. The molecule has 0 spiro atoms. The Morgan fingerprint density at radius 3 is 2.79 bits per heavy atom. The number of nitrogens with zero attached hydrogens (tertiary/aromatic N) is 2. The van der Waals surface area contributed by atoms with E-state index >= 15 is 0 Å². The first-order valence-corrected chi connectivity index (χ1v) is 8.68. The summed E-state index contributed by atoms with van der Waals surface area (Å²) in [6, 6.07) is 5.43. The molecule has 0 amide bonds. The summed E-state index contributed by atoms with van der Waals surface area (Å²) in [6.45, 7) is 0. The van der Waals surface area contributed by atoms with E-state index in [1.165, 1.54) is 6.26 Å². The molecule has 0 fully saturated rings. The molecule has 0 saturated carbocycles. The van der Waals surface area contributed by atoms with Gasteiger partial charge < -0.3 is 10.3 Å². The van der Waals surface area contributed by atoms with Gasteiger partial charge in [0, 0.05) is 17.8 Å². The molecule has 7 heteroatoms. The molecule has 0 bridgehead atoms. The Morgan fingerprint density at radius 1 is 1.47 bits per heavy atom. The first-order chi connectivity index (χ1) is 8.78. The van der Waals surface area contributed by atoms with Gasteiger partial charge in [-0.25, -0.2) is 13.4 Å². The number of halogens is 1. The summed E-state index contributed by atoms with van der Waals surface area (Å²) < 4.78 is 25.2. The summed E-state index contributed by atoms with van der Waals surface area (Å²) in [5.74, 6) is 0.776. The number of fused-ring (bicyclic) bond motifs is 1. The van der Waals surface area contributed by atoms with Crippen LogP contribution in [0, 0.1) is 0 Å². The summed E-state index contributed by atoms with van der Waals surface area (Å²) in [5, 5.41) is 0. The Morgan fingerprint density at radius 2 is 2.16 bits per heavy atom. The molecule has 5 nitrogen and oxygen atoms in total. The minimum Gasteiger partial charge on any atom is -0.330 e. The van der Waals surface area contributed by atoms with Crippen LogP contribution in [0.5, 0.6) is 0 Å². The molecule has 1 heterocycles. The molecule has 0 aliphatic carbocycles. The number of hydrogen-bond acceptors (Lipinski definition) is 4. The average Bonchev–Trinajstić information content (AvgIpc) is 2.62. The number of sulfone groups is 1. The Hall–Kier alpha value is -0.920. The van der Waals surface area contributed by atoms with Crippen molar-refractivity contribution in [3.05, 3.63) is 28.5 Å². The fraction of sp³-hybridized carbons (Fsp3) is 0.417. The average molecular weight is 346 g/mol. The van der Waals surface area contributed by atoms with Gasteiger partial charge in [0.05, 0.1) is 22.8 Å². The molecule has 0 saturated heterocycles. The Kier molecular flexibility index (Phi) is 3.98. The third-order valence-electron chi connectivity index (χ3n) is 3.01. The fourth-order valence-electron chi connectivity index (χ4n) is 1.99. The molecular formula is C12H16BrN3O2S. The summed E-state index contributed by atoms with van der Waals surface area (Å²) in [4.78, 5) is 4.49. The summed E-state index contributed by atoms with van der Waals surface area (Å²) in [7, 11) is -1.11. The molecule has 104 valence electrons. The standard InChI is InChI=1S/C12H16BrN3O2S/c1-16-11-4-3-8(13)7-10(11)15-12(16)9(14)5-6-19(2,17)18/h3-4,7,9H,5-6,14H2,1-2H3. The van der Waals surface area contributed by atoms with Crippen LogP contribution in [0.2, 0.25) is 0 Å². The molecule has 1 aromatic heterocycles. The SMILES string of the molecule is Cn1c(C(N)CCS(C)(=O)=O)nc2cc(Br)ccc21. The van der Waals surface area contributed by atoms with Crippen molar-refractivity contribution in [3.8, 4) is 0 Å². The van der Waals surface area contributed by atoms with E-state index in [1.807, 2.05) is 29.8 Å². The van der Waals surface area contributed by atoms with E-state index in [2.05, 4.69) is 20.9 Å². The van der Waals surface area contributed by atoms with E-state index in [-0.39, 0.29) is 11.8 Å². The maximum Gasteiger partial charge on any atom is 0.147 e. The zero-order valence-corrected chi connectivity index (χ0v) is 13.2. The lowest BCUT2D eigenvalue weighted by atomic mass is 10.2. The number of nitrogens with two attached hydrogens (primary N) is 1. The van der Waals surface area contributed by atoms with Gasteiger partial charge in [-0.15, -0.1) is 0 Å². The number of hydrogen-bond donors (Lipinski definition) is 1. The molecule has 1 atom stereocenters. The lowest BCUT2D eigenvalue weighted by Gasteiger charge is -2.10. The van der Waals surface area contributed by atoms with E-state index in [1.54, 1.807) is 0 Å². The van der Waals surface area contributed by atoms with Gasteiger partial charge in [0.15, 0.2) is 0 Å². The lowest BCUT2D eigenvalue weighted by Crippen LogP contribution is -2.19. The van der Waals surface area contributed by atoms with Crippen molar-refractivity contribution < 1.29 is 8.42 Å². The molecular weight excluding hydrogens is 330 g/mol. The van der Waals surface area contributed by atoms with Crippen LogP contribution in [0.1, 0.15) is 18.3 Å². The highest BCUT2D eigenvalue weighted by Gasteiger charge is 2.16. The van der Waals surface area contributed by atoms with E-state index in [0.29, 0.717) is 12.2 Å². The topological polar surface area (TPSA) is 78.0 Å². The first-order valence-electron chi connectivity index (χ1n) is 5.83. The second-order valence-electron chi connectivity index (χ2n) is 4.69. The maximum absolute atomic E-state index is 11.2. The van der Waals surface area contributed by atoms with Crippen LogP contribution in [0.4, 0.5) is 0 Å². The van der Waals surface area contributed by atoms with Crippen molar-refractivity contribution in [2.45, 2.75) is 12.5 Å². The highest BCUT2D eigenvalue weighted by Crippen LogP contribution is 2.23. The van der Waals surface area contributed by atoms with Crippen LogP contribution in [0.3, 0.4) is 0 Å². The molecule has 0 radical (unpaired) electrons. The first kappa shape index (κ1) is 14.5. The smallest absolute Gasteiger partial charge is 0.147 e. The van der Waals surface area contributed by atoms with Crippen LogP contribution in [0.15, 0.2) is 22.7 Å². The molecule has 1 aromatic carbocycles. The third-order valence-corrected chi connectivity index (χ3v) is 4.48. The van der Waals surface area contributed by atoms with Crippen LogP contribution < -0.4 is 5.73 Å². The predicted octanol–water partition coefficient (Wildman–Crippen LogP) is 1.77. The number of imidazole rings is 1. The van der Waals surface area contributed by atoms with Crippen molar-refractivity contribution >= 4 is 36.8 Å². The van der Waals surface area contributed by atoms with Gasteiger partial charge in [-0.3, -0.25) is 0 Å². The number of benzene rings is 1. The van der Waals surface area contributed by atoms with E-state index in [0.717, 1.165) is 15.5 Å². The van der Waals surface area contributed by atoms with Crippen LogP contribution in [-0.2, 0) is 16.9 Å². The minimum absolute atomic E-state index is 0.0705. The van der Waals surface area contributed by atoms with E-state index < -0.39 is 9.84 Å². The van der Waals surface area contributed by atoms with Gasteiger partial charge in [-0.05, 0) is 24.6 Å². The van der Waals surface area contributed by atoms with Gasteiger partial charge in [-0.2, -0.15) is 0 Å². The Bertz CT molecular complexity index is 709. The highest BCUT2D eigenvalue weighted by molar-refractivity contribution is 9.10. The molecule has 2 aromatic rings. The van der Waals surface area contributed by atoms with Crippen LogP contribution >= 0.6 is 15.9 Å². The molecule has 1 unspecified atom stereocenters. The Balaban J connectivity index is 2.32. The summed E-state index contributed by atoms with van der Waals surface area (Å²) in [6.07, 6.45) is 1.59. The quantitative estimate of drug-likeness (QED) is 0.915. The van der Waals surface area contributed by atoms with Gasteiger partial charge in [0.2, 0.25) is 0 Å². The van der Waals surface area contributed by atoms with E-state index in [9.17, 15) is 8.42 Å². The van der Waals surface area contributed by atoms with Crippen molar-refractivity contribution in [2.75, 3.05) is 12.0 Å². The second kappa shape index (κ2) is 5.22. The predicted molar refractivity (Wildman–Crippen MR) is 79.7 cm³/mol. The molecule has 2 rings (SSSR count). The van der Waals surface area contributed by atoms with Crippen molar-refractivity contribution in [2.24, 2.45) is 12.8 Å². The van der Waals surface area contributed by atoms with Crippen molar-refractivity contribution in [3.63, 3.8) is 0 Å². The lowest BCUT2D eigenvalue weighted by molar-refractivity contribution is 0.581. The Labute approximate surface area is 120 Å². The van der Waals surface area contributed by atoms with E-state index in [4.69, 9.17) is 5.73 Å². The van der Waals surface area contributed by atoms with Gasteiger partial charge in [-0.1, -0.05) is 15.9 Å². The van der Waals surface area contributed by atoms with Gasteiger partial charge >= 0.3 is 0 Å². The molecule has 19 heavy (non-hydrogen) atoms. The van der Waals surface area contributed by atoms with Crippen molar-refractivity contribution in [1.82, 2.24) is 9.55 Å². The molecule has 0 aliphatic rings. The van der Waals surface area contributed by atoms with Crippen LogP contribution in [-0.4, -0.2) is 30.0 Å². The zero-order chi connectivity index (χ0) is 14.2. The largest absolute Gasteiger partial charge is 0.330 e.